The smallest absolute Gasteiger partial charge is 0.320 e. The maximum atomic E-state index is 13.5. The molecule has 0 bridgehead atoms. The van der Waals surface area contributed by atoms with Gasteiger partial charge in [0.05, 0.1) is 12.2 Å². The SMILES string of the molecule is CC(C)NCc1nnc(Nc2cc(Cl)ccc2F)o1. The fourth-order valence-corrected chi connectivity index (χ4v) is 1.55. The topological polar surface area (TPSA) is 63.0 Å². The molecule has 1 aromatic heterocycles. The van der Waals surface area contributed by atoms with Crippen molar-refractivity contribution >= 4 is 23.3 Å². The van der Waals surface area contributed by atoms with Gasteiger partial charge in [0, 0.05) is 11.1 Å². The monoisotopic (exact) mass is 284 g/mol. The summed E-state index contributed by atoms with van der Waals surface area (Å²) in [6.45, 7) is 4.48. The van der Waals surface area contributed by atoms with E-state index in [0.29, 0.717) is 23.5 Å². The highest BCUT2D eigenvalue weighted by Crippen LogP contribution is 2.22. The van der Waals surface area contributed by atoms with Crippen LogP contribution in [0.25, 0.3) is 0 Å². The summed E-state index contributed by atoms with van der Waals surface area (Å²) in [6.07, 6.45) is 0. The van der Waals surface area contributed by atoms with Crippen LogP contribution in [0.3, 0.4) is 0 Å². The number of nitrogens with one attached hydrogen (secondary N) is 2. The molecule has 0 aliphatic carbocycles. The Labute approximate surface area is 115 Å². The summed E-state index contributed by atoms with van der Waals surface area (Å²) in [5, 5.41) is 13.9. The van der Waals surface area contributed by atoms with Crippen LogP contribution in [0, 0.1) is 5.82 Å². The molecule has 0 aliphatic rings. The molecule has 102 valence electrons. The van der Waals surface area contributed by atoms with Gasteiger partial charge < -0.3 is 15.1 Å². The molecule has 2 rings (SSSR count). The average molecular weight is 285 g/mol. The van der Waals surface area contributed by atoms with Crippen LogP contribution < -0.4 is 10.6 Å². The molecule has 0 saturated heterocycles. The molecular formula is C12H14ClFN4O. The summed E-state index contributed by atoms with van der Waals surface area (Å²) >= 11 is 5.79. The van der Waals surface area contributed by atoms with Crippen LogP contribution in [0.1, 0.15) is 19.7 Å². The molecule has 0 unspecified atom stereocenters. The van der Waals surface area contributed by atoms with E-state index < -0.39 is 5.82 Å². The van der Waals surface area contributed by atoms with Gasteiger partial charge in [-0.2, -0.15) is 0 Å². The molecule has 1 heterocycles. The van der Waals surface area contributed by atoms with Gasteiger partial charge in [-0.15, -0.1) is 5.10 Å². The molecular weight excluding hydrogens is 271 g/mol. The second kappa shape index (κ2) is 5.99. The minimum Gasteiger partial charge on any atom is -0.406 e. The molecule has 5 nitrogen and oxygen atoms in total. The predicted molar refractivity (Wildman–Crippen MR) is 71.0 cm³/mol. The molecule has 7 heteroatoms. The van der Waals surface area contributed by atoms with Crippen molar-refractivity contribution in [2.75, 3.05) is 5.32 Å². The Hall–Kier alpha value is -1.66. The van der Waals surface area contributed by atoms with Crippen molar-refractivity contribution in [3.63, 3.8) is 0 Å². The summed E-state index contributed by atoms with van der Waals surface area (Å²) in [7, 11) is 0. The number of aromatic nitrogens is 2. The summed E-state index contributed by atoms with van der Waals surface area (Å²) in [5.41, 5.74) is 0.194. The molecule has 0 atom stereocenters. The fourth-order valence-electron chi connectivity index (χ4n) is 1.38. The van der Waals surface area contributed by atoms with Crippen LogP contribution in [0.5, 0.6) is 0 Å². The van der Waals surface area contributed by atoms with Crippen molar-refractivity contribution in [2.24, 2.45) is 0 Å². The maximum absolute atomic E-state index is 13.5. The van der Waals surface area contributed by atoms with E-state index in [0.717, 1.165) is 0 Å². The number of nitrogens with zero attached hydrogens (tertiary/aromatic N) is 2. The van der Waals surface area contributed by atoms with Gasteiger partial charge in [0.25, 0.3) is 0 Å². The van der Waals surface area contributed by atoms with Crippen molar-refractivity contribution < 1.29 is 8.81 Å². The van der Waals surface area contributed by atoms with Gasteiger partial charge in [0.15, 0.2) is 0 Å². The Morgan fingerprint density at radius 3 is 2.89 bits per heavy atom. The van der Waals surface area contributed by atoms with E-state index in [1.807, 2.05) is 13.8 Å². The van der Waals surface area contributed by atoms with Crippen LogP contribution in [0.15, 0.2) is 22.6 Å². The Balaban J connectivity index is 2.05. The normalized spacial score (nSPS) is 11.0. The van der Waals surface area contributed by atoms with E-state index in [-0.39, 0.29) is 11.7 Å². The maximum Gasteiger partial charge on any atom is 0.320 e. The summed E-state index contributed by atoms with van der Waals surface area (Å²) in [5.74, 6) is -0.0110. The second-order valence-electron chi connectivity index (χ2n) is 4.29. The minimum atomic E-state index is -0.440. The van der Waals surface area contributed by atoms with Crippen LogP contribution >= 0.6 is 11.6 Å². The lowest BCUT2D eigenvalue weighted by molar-refractivity contribution is 0.460. The lowest BCUT2D eigenvalue weighted by Crippen LogP contribution is -2.21. The van der Waals surface area contributed by atoms with Crippen LogP contribution in [0.2, 0.25) is 5.02 Å². The van der Waals surface area contributed by atoms with Crippen LogP contribution in [-0.4, -0.2) is 16.2 Å². The third kappa shape index (κ3) is 3.90. The first-order valence-electron chi connectivity index (χ1n) is 5.82. The number of halogens is 2. The molecule has 0 spiro atoms. The van der Waals surface area contributed by atoms with Gasteiger partial charge in [-0.1, -0.05) is 30.5 Å². The van der Waals surface area contributed by atoms with Gasteiger partial charge in [0.2, 0.25) is 5.89 Å². The summed E-state index contributed by atoms with van der Waals surface area (Å²) in [4.78, 5) is 0. The number of anilines is 2. The molecule has 0 saturated carbocycles. The van der Waals surface area contributed by atoms with E-state index >= 15 is 0 Å². The molecule has 1 aromatic carbocycles. The van der Waals surface area contributed by atoms with E-state index in [2.05, 4.69) is 20.8 Å². The minimum absolute atomic E-state index is 0.127. The highest BCUT2D eigenvalue weighted by Gasteiger charge is 2.09. The standard InChI is InChI=1S/C12H14ClFN4O/c1-7(2)15-6-11-17-18-12(19-11)16-10-5-8(13)3-4-9(10)14/h3-5,7,15H,6H2,1-2H3,(H,16,18). The van der Waals surface area contributed by atoms with Gasteiger partial charge in [-0.05, 0) is 18.2 Å². The van der Waals surface area contributed by atoms with Gasteiger partial charge in [-0.3, -0.25) is 0 Å². The number of hydrogen-bond acceptors (Lipinski definition) is 5. The van der Waals surface area contributed by atoms with Crippen LogP contribution in [-0.2, 0) is 6.54 Å². The van der Waals surface area contributed by atoms with Gasteiger partial charge >= 0.3 is 6.01 Å². The first-order valence-corrected chi connectivity index (χ1v) is 6.20. The first kappa shape index (κ1) is 13.8. The first-order chi connectivity index (χ1) is 9.04. The highest BCUT2D eigenvalue weighted by atomic mass is 35.5. The van der Waals surface area contributed by atoms with E-state index in [4.69, 9.17) is 16.0 Å². The fraction of sp³-hybridized carbons (Fsp3) is 0.333. The van der Waals surface area contributed by atoms with Crippen molar-refractivity contribution in [3.8, 4) is 0 Å². The largest absolute Gasteiger partial charge is 0.406 e. The Bertz CT molecular complexity index is 558. The zero-order valence-corrected chi connectivity index (χ0v) is 11.3. The van der Waals surface area contributed by atoms with E-state index in [1.54, 1.807) is 0 Å². The molecule has 2 aromatic rings. The third-order valence-corrected chi connectivity index (χ3v) is 2.53. The average Bonchev–Trinajstić information content (AvgIpc) is 2.79. The lowest BCUT2D eigenvalue weighted by Gasteiger charge is -2.04. The number of benzene rings is 1. The zero-order chi connectivity index (χ0) is 13.8. The third-order valence-electron chi connectivity index (χ3n) is 2.30. The number of rotatable bonds is 5. The van der Waals surface area contributed by atoms with Crippen molar-refractivity contribution in [1.29, 1.82) is 0 Å². The molecule has 0 radical (unpaired) electrons. The summed E-state index contributed by atoms with van der Waals surface area (Å²) in [6, 6.07) is 4.62. The molecule has 0 fully saturated rings. The number of hydrogen-bond donors (Lipinski definition) is 2. The molecule has 19 heavy (non-hydrogen) atoms. The van der Waals surface area contributed by atoms with Crippen molar-refractivity contribution in [3.05, 3.63) is 34.9 Å². The summed E-state index contributed by atoms with van der Waals surface area (Å²) < 4.78 is 18.8. The van der Waals surface area contributed by atoms with E-state index in [1.165, 1.54) is 18.2 Å². The second-order valence-corrected chi connectivity index (χ2v) is 4.72. The van der Waals surface area contributed by atoms with Crippen molar-refractivity contribution in [1.82, 2.24) is 15.5 Å². The van der Waals surface area contributed by atoms with Gasteiger partial charge in [0.1, 0.15) is 5.82 Å². The Morgan fingerprint density at radius 1 is 1.37 bits per heavy atom. The molecule has 0 amide bonds. The quantitative estimate of drug-likeness (QED) is 0.883. The van der Waals surface area contributed by atoms with Gasteiger partial charge in [-0.25, -0.2) is 4.39 Å². The Kier molecular flexibility index (Phi) is 4.34. The predicted octanol–water partition coefficient (Wildman–Crippen LogP) is 3.10. The molecule has 0 aliphatic heterocycles. The Morgan fingerprint density at radius 2 is 2.16 bits per heavy atom. The van der Waals surface area contributed by atoms with Crippen LogP contribution in [0.4, 0.5) is 16.1 Å². The van der Waals surface area contributed by atoms with Crippen molar-refractivity contribution in [2.45, 2.75) is 26.4 Å². The zero-order valence-electron chi connectivity index (χ0n) is 10.6. The lowest BCUT2D eigenvalue weighted by atomic mass is 10.3. The molecule has 2 N–H and O–H groups in total. The van der Waals surface area contributed by atoms with E-state index in [9.17, 15) is 4.39 Å². The highest BCUT2D eigenvalue weighted by molar-refractivity contribution is 6.30.